The van der Waals surface area contributed by atoms with E-state index in [4.69, 9.17) is 4.74 Å². The lowest BCUT2D eigenvalue weighted by Gasteiger charge is -2.41. The molecule has 6 aromatic carbocycles. The minimum Gasteiger partial charge on any atom is -0.497 e. The molecule has 0 bridgehead atoms. The maximum absolute atomic E-state index is 5.55. The Bertz CT molecular complexity index is 5900. The predicted molar refractivity (Wildman–Crippen MR) is 598 cm³/mol. The number of likely N-dealkylation sites (N-methyl/N-ethyl adjacent to an activating group) is 2. The SMILES string of the molecule is CC1C2C=CC=CC2C2c3cc(Br)ccc3N(C)C12.CC1C2C=CC=CC2C2c3cc(Br)ccc3N([Si](C)(C)C)C12.CC1C2C=CC=CC2C2c3cc(C(C)(C)C)ccc3N(C)C12.CC1C2C=CC=CC2C2c3cc(C(C)(C)C)ccc3N([Si](C)(C)C)C12.COc1ccc2c(c1)C1C3C=CC=CC3C(C)C1N2C[Si](C)(C)C.Cc1ccc2c(c1)C1C3C=CC=CC3C(C)C1N2C[Si](C)(C)C. The molecule has 6 saturated carbocycles. The highest BCUT2D eigenvalue weighted by molar-refractivity contribution is 9.10. The zero-order valence-electron chi connectivity index (χ0n) is 86.8. The lowest BCUT2D eigenvalue weighted by molar-refractivity contribution is 0.412. The van der Waals surface area contributed by atoms with Crippen LogP contribution in [0, 0.1) is 113 Å². The van der Waals surface area contributed by atoms with Gasteiger partial charge in [-0.2, -0.15) is 0 Å². The van der Waals surface area contributed by atoms with E-state index in [1.807, 2.05) is 0 Å². The summed E-state index contributed by atoms with van der Waals surface area (Å²) in [5.74, 6) is 17.4. The third-order valence-corrected chi connectivity index (χ3v) is 43.6. The fourth-order valence-electron chi connectivity index (χ4n) is 30.8. The van der Waals surface area contributed by atoms with Crippen LogP contribution in [0.3, 0.4) is 0 Å². The zero-order valence-corrected chi connectivity index (χ0v) is 94.0. The summed E-state index contributed by atoms with van der Waals surface area (Å²) in [7, 11) is 1.13. The molecule has 6 fully saturated rings. The monoisotopic (exact) mass is 2000 g/mol. The van der Waals surface area contributed by atoms with E-state index in [0.29, 0.717) is 172 Å². The molecule has 6 heterocycles. The molecule has 18 aliphatic rings. The molecule has 0 amide bonds. The molecule has 12 aliphatic carbocycles. The Labute approximate surface area is 836 Å². The molecule has 0 saturated heterocycles. The first kappa shape index (κ1) is 96.5. The molecule has 714 valence electrons. The average molecular weight is 2000 g/mol. The summed E-state index contributed by atoms with van der Waals surface area (Å²) >= 11 is 7.33. The average Bonchev–Trinajstić information content (AvgIpc) is 1.56. The van der Waals surface area contributed by atoms with Gasteiger partial charge in [0.25, 0.3) is 0 Å². The molecule has 0 spiro atoms. The Morgan fingerprint density at radius 3 is 0.874 bits per heavy atom. The number of hydrogen-bond donors (Lipinski definition) is 0. The molecular formula is C122H160Br2N6OSi4. The number of aryl methyl sites for hydroxylation is 1. The van der Waals surface area contributed by atoms with E-state index in [-0.39, 0.29) is 10.8 Å². The first-order valence-electron chi connectivity index (χ1n) is 52.2. The van der Waals surface area contributed by atoms with Gasteiger partial charge in [0.1, 0.15) is 22.2 Å². The third kappa shape index (κ3) is 17.0. The Kier molecular flexibility index (Phi) is 25.7. The molecule has 13 heteroatoms. The van der Waals surface area contributed by atoms with Crippen molar-refractivity contribution in [3.8, 4) is 5.75 Å². The molecule has 24 rings (SSSR count). The Hall–Kier alpha value is -7.37. The van der Waals surface area contributed by atoms with E-state index in [0.717, 1.165) is 11.7 Å². The number of hydrogen-bond acceptors (Lipinski definition) is 7. The van der Waals surface area contributed by atoms with Crippen LogP contribution in [0.25, 0.3) is 0 Å². The highest BCUT2D eigenvalue weighted by Gasteiger charge is 2.62. The molecule has 6 aromatic rings. The molecular weight excluding hydrogens is 1840 g/mol. The number of halogens is 2. The maximum Gasteiger partial charge on any atom is 0.147 e. The van der Waals surface area contributed by atoms with Crippen LogP contribution in [-0.2, 0) is 10.8 Å². The highest BCUT2D eigenvalue weighted by atomic mass is 79.9. The molecule has 7 nitrogen and oxygen atoms in total. The Morgan fingerprint density at radius 1 is 0.289 bits per heavy atom. The van der Waals surface area contributed by atoms with Crippen LogP contribution in [0.1, 0.15) is 169 Å². The van der Waals surface area contributed by atoms with Gasteiger partial charge in [-0.05, 0) is 242 Å². The molecule has 135 heavy (non-hydrogen) atoms. The van der Waals surface area contributed by atoms with Crippen LogP contribution in [0.2, 0.25) is 78.6 Å². The summed E-state index contributed by atoms with van der Waals surface area (Å²) in [5.41, 5.74) is 23.1. The van der Waals surface area contributed by atoms with Crippen LogP contribution >= 0.6 is 31.9 Å². The Morgan fingerprint density at radius 2 is 0.541 bits per heavy atom. The Balaban J connectivity index is 0.000000104. The first-order chi connectivity index (χ1) is 63.8. The number of anilines is 6. The number of rotatable bonds is 7. The molecule has 30 unspecified atom stereocenters. The number of allylic oxidation sites excluding steroid dienone is 24. The second-order valence-corrected chi connectivity index (χ2v) is 73.3. The van der Waals surface area contributed by atoms with Gasteiger partial charge in [0, 0.05) is 141 Å². The van der Waals surface area contributed by atoms with Crippen molar-refractivity contribution < 1.29 is 4.74 Å². The highest BCUT2D eigenvalue weighted by Crippen LogP contribution is 2.67. The second-order valence-electron chi connectivity index (χ2n) is 50.9. The van der Waals surface area contributed by atoms with Crippen molar-refractivity contribution in [1.29, 1.82) is 0 Å². The summed E-state index contributed by atoms with van der Waals surface area (Å²) in [6, 6.07) is 46.1. The third-order valence-electron chi connectivity index (χ3n) is 36.1. The lowest BCUT2D eigenvalue weighted by Crippen LogP contribution is -2.52. The molecule has 0 N–H and O–H groups in total. The van der Waals surface area contributed by atoms with Crippen molar-refractivity contribution in [2.75, 3.05) is 62.3 Å². The fourth-order valence-corrected chi connectivity index (χ4v) is 38.7. The molecule has 6 aliphatic heterocycles. The van der Waals surface area contributed by atoms with Crippen molar-refractivity contribution in [3.05, 3.63) is 314 Å². The molecule has 30 atom stereocenters. The minimum absolute atomic E-state index is 0.211. The summed E-state index contributed by atoms with van der Waals surface area (Å²) in [4.78, 5) is 10.6. The number of benzene rings is 6. The van der Waals surface area contributed by atoms with Crippen molar-refractivity contribution in [2.45, 2.75) is 251 Å². The van der Waals surface area contributed by atoms with E-state index in [9.17, 15) is 0 Å². The number of fused-ring (bicyclic) bond motifs is 30. The second kappa shape index (κ2) is 36.0. The van der Waals surface area contributed by atoms with Crippen LogP contribution in [0.5, 0.6) is 5.75 Å². The maximum atomic E-state index is 5.55. The number of methoxy groups -OCH3 is 1. The van der Waals surface area contributed by atoms with Crippen molar-refractivity contribution >= 4 is 98.6 Å². The zero-order chi connectivity index (χ0) is 96.0. The molecule has 0 radical (unpaired) electrons. The smallest absolute Gasteiger partial charge is 0.147 e. The number of ether oxygens (including phenoxy) is 1. The van der Waals surface area contributed by atoms with E-state index in [1.54, 1.807) is 29.4 Å². The van der Waals surface area contributed by atoms with Crippen LogP contribution in [-0.4, -0.2) is 102 Å². The van der Waals surface area contributed by atoms with Crippen LogP contribution in [0.4, 0.5) is 34.1 Å². The van der Waals surface area contributed by atoms with Gasteiger partial charge in [-0.15, -0.1) is 0 Å². The van der Waals surface area contributed by atoms with Gasteiger partial charge in [0.05, 0.1) is 23.3 Å². The van der Waals surface area contributed by atoms with Gasteiger partial charge >= 0.3 is 0 Å². The summed E-state index contributed by atoms with van der Waals surface area (Å²) < 4.78 is 13.7. The van der Waals surface area contributed by atoms with E-state index in [2.05, 4.69) is 498 Å². The molecule has 0 aromatic heterocycles. The minimum atomic E-state index is -1.45. The van der Waals surface area contributed by atoms with Crippen molar-refractivity contribution in [1.82, 2.24) is 0 Å². The van der Waals surface area contributed by atoms with Gasteiger partial charge in [-0.25, -0.2) is 0 Å². The topological polar surface area (TPSA) is 28.7 Å². The van der Waals surface area contributed by atoms with Crippen LogP contribution < -0.4 is 33.5 Å². The standard InChI is InChI=1S/C23H33NSi.C21H29NOSi.C21H29NSi.C21H27N.C19H24BrNSi.C17H18BrN/c1-15-17-10-8-9-11-18(17)21-19-14-16(23(2,3)4)12-13-20(19)24(22(15)21)25(5,6)7;1-14-16-8-6-7-9-17(16)20-18-12-15(23-2)10-11-19(18)22(21(14)20)13-24(3,4)5;1-14-10-11-19-18(12-14)20-17-9-7-6-8-16(17)15(2)21(20)22(19)13-23(3,4)5;1-13-15-8-6-7-9-16(15)19-17-12-14(21(2,3)4)10-11-18(17)22(5)20(13)19;1-12-14-7-5-6-8-15(14)18-16-11-13(20)9-10-17(16)21(19(12)18)22(2,3)4;1-10-12-5-3-4-6-13(12)16-14-9-11(18)7-8-15(14)19(2)17(10)16/h8-15,17-18,21-22H,1-7H3;6-12,14,16-17,20-21H,13H2,1-5H3;6-12,15-17,20-21H,13H2,1-5H3;6-13,15-16,19-20H,1-5H3;5-12,14-15,18-19H,1-4H3;3-10,12-13,16-17H,1-2H3. The van der Waals surface area contributed by atoms with E-state index in [1.165, 1.54) is 83.2 Å². The van der Waals surface area contributed by atoms with Crippen molar-refractivity contribution in [3.63, 3.8) is 0 Å². The quantitative estimate of drug-likeness (QED) is 0.147. The normalized spacial score (nSPS) is 34.9. The van der Waals surface area contributed by atoms with E-state index >= 15 is 0 Å². The summed E-state index contributed by atoms with van der Waals surface area (Å²) in [5, 5.41) is 0. The first-order valence-corrected chi connectivity index (χ1v) is 68.1. The fraction of sp³-hybridized carbons (Fsp3) is 0.508. The predicted octanol–water partition coefficient (Wildman–Crippen LogP) is 30.9. The summed E-state index contributed by atoms with van der Waals surface area (Å²) in [6.45, 7) is 60.9. The van der Waals surface area contributed by atoms with Gasteiger partial charge < -0.3 is 33.5 Å². The summed E-state index contributed by atoms with van der Waals surface area (Å²) in [6.07, 6.45) is 59.0. The van der Waals surface area contributed by atoms with Crippen molar-refractivity contribution in [2.24, 2.45) is 107 Å². The number of nitrogens with zero attached hydrogens (tertiary/aromatic N) is 6. The van der Waals surface area contributed by atoms with E-state index < -0.39 is 32.6 Å². The largest absolute Gasteiger partial charge is 0.497 e. The van der Waals surface area contributed by atoms with Gasteiger partial charge in [0.15, 0.2) is 0 Å². The van der Waals surface area contributed by atoms with Gasteiger partial charge in [0.2, 0.25) is 0 Å². The van der Waals surface area contributed by atoms with Crippen LogP contribution in [0.15, 0.2) is 264 Å². The van der Waals surface area contributed by atoms with Gasteiger partial charge in [-0.1, -0.05) is 381 Å². The lowest BCUT2D eigenvalue weighted by atomic mass is 9.79. The van der Waals surface area contributed by atoms with Gasteiger partial charge in [-0.3, -0.25) is 0 Å².